The van der Waals surface area contributed by atoms with Crippen LogP contribution in [-0.2, 0) is 6.61 Å². The van der Waals surface area contributed by atoms with E-state index in [-0.39, 0.29) is 17.9 Å². The first-order valence-corrected chi connectivity index (χ1v) is 3.55. The van der Waals surface area contributed by atoms with Crippen molar-refractivity contribution in [2.24, 2.45) is 0 Å². The predicted molar refractivity (Wildman–Crippen MR) is 43.1 cm³/mol. The summed E-state index contributed by atoms with van der Waals surface area (Å²) in [7, 11) is -2.02. The van der Waals surface area contributed by atoms with Gasteiger partial charge in [-0.3, -0.25) is 0 Å². The van der Waals surface area contributed by atoms with Crippen LogP contribution in [0.1, 0.15) is 5.56 Å². The van der Waals surface area contributed by atoms with E-state index in [1.165, 1.54) is 6.07 Å². The van der Waals surface area contributed by atoms with Crippen LogP contribution in [0.2, 0.25) is 0 Å². The normalized spacial score (nSPS) is 9.85. The van der Waals surface area contributed by atoms with Gasteiger partial charge in [-0.2, -0.15) is 0 Å². The molecule has 6 heteroatoms. The van der Waals surface area contributed by atoms with E-state index in [0.29, 0.717) is 0 Å². The molecule has 1 aromatic rings. The number of benzene rings is 1. The van der Waals surface area contributed by atoms with Crippen molar-refractivity contribution in [1.82, 2.24) is 0 Å². The van der Waals surface area contributed by atoms with Gasteiger partial charge in [0.2, 0.25) is 0 Å². The average Bonchev–Trinajstić information content (AvgIpc) is 2.03. The van der Waals surface area contributed by atoms with Crippen LogP contribution < -0.4 is 4.65 Å². The molecule has 0 amide bonds. The lowest BCUT2D eigenvalue weighted by Crippen LogP contribution is -2.21. The largest absolute Gasteiger partial charge is 0.707 e. The predicted octanol–water partition coefficient (Wildman–Crippen LogP) is -0.334. The highest BCUT2D eigenvalue weighted by atomic mass is 19.1. The van der Waals surface area contributed by atoms with Crippen molar-refractivity contribution < 1.29 is 24.2 Å². The van der Waals surface area contributed by atoms with Gasteiger partial charge in [0.25, 0.3) is 0 Å². The van der Waals surface area contributed by atoms with Crippen LogP contribution >= 0.6 is 0 Å². The molecule has 70 valence electrons. The highest BCUT2D eigenvalue weighted by Crippen LogP contribution is 2.19. The quantitative estimate of drug-likeness (QED) is 0.565. The Morgan fingerprint density at radius 2 is 2.08 bits per heavy atom. The van der Waals surface area contributed by atoms with Gasteiger partial charge < -0.3 is 19.8 Å². The van der Waals surface area contributed by atoms with E-state index in [0.717, 1.165) is 12.1 Å². The molecule has 3 N–H and O–H groups in total. The Morgan fingerprint density at radius 3 is 2.62 bits per heavy atom. The van der Waals surface area contributed by atoms with Crippen LogP contribution in [0.25, 0.3) is 0 Å². The fourth-order valence-electron chi connectivity index (χ4n) is 0.882. The van der Waals surface area contributed by atoms with Gasteiger partial charge in [-0.05, 0) is 6.07 Å². The number of hydrogen-bond acceptors (Lipinski definition) is 4. The number of rotatable bonds is 3. The second-order valence-electron chi connectivity index (χ2n) is 2.35. The zero-order chi connectivity index (χ0) is 9.84. The van der Waals surface area contributed by atoms with E-state index >= 15 is 0 Å². The van der Waals surface area contributed by atoms with Crippen molar-refractivity contribution in [3.63, 3.8) is 0 Å². The molecule has 0 saturated carbocycles. The molecule has 1 rings (SSSR count). The minimum atomic E-state index is -2.02. The first-order chi connectivity index (χ1) is 6.13. The molecule has 13 heavy (non-hydrogen) atoms. The van der Waals surface area contributed by atoms with Gasteiger partial charge in [-0.1, -0.05) is 6.07 Å². The number of hydrogen-bond donors (Lipinski definition) is 3. The number of aliphatic hydroxyl groups excluding tert-OH is 1. The maximum absolute atomic E-state index is 12.6. The van der Waals surface area contributed by atoms with Crippen LogP contribution in [0.5, 0.6) is 5.75 Å². The Kier molecular flexibility index (Phi) is 3.24. The molecule has 0 aromatic heterocycles. The van der Waals surface area contributed by atoms with E-state index in [9.17, 15) is 4.39 Å². The van der Waals surface area contributed by atoms with Gasteiger partial charge in [0.15, 0.2) is 0 Å². The molecule has 0 aliphatic carbocycles. The Labute approximate surface area is 74.4 Å². The standard InChI is InChI=1S/C7H8BFO4/c9-6-2-1-5(4-10)7(3-6)13-8(11)12/h1-3,10-12H,4H2. The van der Waals surface area contributed by atoms with E-state index < -0.39 is 13.1 Å². The Hall–Kier alpha value is -1.11. The molecular formula is C7H8BFO4. The lowest BCUT2D eigenvalue weighted by molar-refractivity contribution is 0.263. The molecule has 0 heterocycles. The summed E-state index contributed by atoms with van der Waals surface area (Å²) in [6.07, 6.45) is 0. The molecule has 0 aliphatic rings. The first kappa shape index (κ1) is 9.98. The zero-order valence-corrected chi connectivity index (χ0v) is 6.64. The molecule has 0 fully saturated rings. The summed E-state index contributed by atoms with van der Waals surface area (Å²) in [4.78, 5) is 0. The average molecular weight is 186 g/mol. The van der Waals surface area contributed by atoms with Crippen molar-refractivity contribution in [1.29, 1.82) is 0 Å². The molecule has 0 saturated heterocycles. The summed E-state index contributed by atoms with van der Waals surface area (Å²) in [6, 6.07) is 3.40. The van der Waals surface area contributed by atoms with Crippen molar-refractivity contribution in [2.45, 2.75) is 6.61 Å². The summed E-state index contributed by atoms with van der Waals surface area (Å²) in [5, 5.41) is 25.6. The third kappa shape index (κ3) is 2.69. The summed E-state index contributed by atoms with van der Waals surface area (Å²) < 4.78 is 17.0. The molecule has 0 radical (unpaired) electrons. The highest BCUT2D eigenvalue weighted by Gasteiger charge is 2.14. The van der Waals surface area contributed by atoms with Crippen LogP contribution in [0.4, 0.5) is 4.39 Å². The zero-order valence-electron chi connectivity index (χ0n) is 6.64. The maximum Gasteiger partial charge on any atom is 0.707 e. The van der Waals surface area contributed by atoms with Crippen molar-refractivity contribution in [3.05, 3.63) is 29.6 Å². The van der Waals surface area contributed by atoms with Gasteiger partial charge in [-0.15, -0.1) is 0 Å². The lowest BCUT2D eigenvalue weighted by atomic mass is 10.1. The summed E-state index contributed by atoms with van der Waals surface area (Å²) in [6.45, 7) is -0.359. The fraction of sp³-hybridized carbons (Fsp3) is 0.143. The van der Waals surface area contributed by atoms with Crippen LogP contribution in [0, 0.1) is 5.82 Å². The third-order valence-electron chi connectivity index (χ3n) is 1.43. The lowest BCUT2D eigenvalue weighted by Gasteiger charge is -2.08. The van der Waals surface area contributed by atoms with Crippen molar-refractivity contribution in [2.75, 3.05) is 0 Å². The van der Waals surface area contributed by atoms with Crippen LogP contribution in [0.15, 0.2) is 18.2 Å². The molecule has 0 unspecified atom stereocenters. The van der Waals surface area contributed by atoms with Crippen LogP contribution in [0.3, 0.4) is 0 Å². The maximum atomic E-state index is 12.6. The van der Waals surface area contributed by atoms with Gasteiger partial charge in [-0.25, -0.2) is 4.39 Å². The number of aliphatic hydroxyl groups is 1. The van der Waals surface area contributed by atoms with E-state index in [2.05, 4.69) is 4.65 Å². The summed E-state index contributed by atoms with van der Waals surface area (Å²) >= 11 is 0. The molecule has 0 atom stereocenters. The topological polar surface area (TPSA) is 69.9 Å². The van der Waals surface area contributed by atoms with Crippen molar-refractivity contribution in [3.8, 4) is 5.75 Å². The van der Waals surface area contributed by atoms with Gasteiger partial charge in [0.1, 0.15) is 11.6 Å². The van der Waals surface area contributed by atoms with Gasteiger partial charge >= 0.3 is 7.32 Å². The molecular weight excluding hydrogens is 178 g/mol. The van der Waals surface area contributed by atoms with Gasteiger partial charge in [0, 0.05) is 11.6 Å². The van der Waals surface area contributed by atoms with Crippen molar-refractivity contribution >= 4 is 7.32 Å². The second kappa shape index (κ2) is 4.22. The highest BCUT2D eigenvalue weighted by molar-refractivity contribution is 6.33. The molecule has 0 spiro atoms. The smallest absolute Gasteiger partial charge is 0.512 e. The summed E-state index contributed by atoms with van der Waals surface area (Å²) in [5.41, 5.74) is 0.287. The fourth-order valence-corrected chi connectivity index (χ4v) is 0.882. The molecule has 0 bridgehead atoms. The molecule has 4 nitrogen and oxygen atoms in total. The first-order valence-electron chi connectivity index (χ1n) is 3.55. The van der Waals surface area contributed by atoms with Crippen LogP contribution in [-0.4, -0.2) is 22.5 Å². The van der Waals surface area contributed by atoms with Gasteiger partial charge in [0.05, 0.1) is 6.61 Å². The van der Waals surface area contributed by atoms with E-state index in [4.69, 9.17) is 15.2 Å². The minimum absolute atomic E-state index is 0.0856. The Balaban J connectivity index is 2.94. The molecule has 0 aliphatic heterocycles. The molecule has 1 aromatic carbocycles. The van der Waals surface area contributed by atoms with E-state index in [1.807, 2.05) is 0 Å². The van der Waals surface area contributed by atoms with E-state index in [1.54, 1.807) is 0 Å². The third-order valence-corrected chi connectivity index (χ3v) is 1.43. The Morgan fingerprint density at radius 1 is 1.38 bits per heavy atom. The number of halogens is 1. The minimum Gasteiger partial charge on any atom is -0.512 e. The second-order valence-corrected chi connectivity index (χ2v) is 2.35. The monoisotopic (exact) mass is 186 g/mol. The SMILES string of the molecule is OCc1ccc(F)cc1OB(O)O. The Bertz CT molecular complexity index is 292. The summed E-state index contributed by atoms with van der Waals surface area (Å²) in [5.74, 6) is -0.662.